The molecule has 2 aromatic rings. The normalized spacial score (nSPS) is 11.8. The van der Waals surface area contributed by atoms with Gasteiger partial charge in [-0.2, -0.15) is 0 Å². The number of nitrogens with zero attached hydrogens (tertiary/aromatic N) is 1. The summed E-state index contributed by atoms with van der Waals surface area (Å²) in [6.07, 6.45) is 0.840. The van der Waals surface area contributed by atoms with E-state index in [9.17, 15) is 19.7 Å². The predicted octanol–water partition coefficient (Wildman–Crippen LogP) is 4.20. The van der Waals surface area contributed by atoms with Gasteiger partial charge in [0.15, 0.2) is 0 Å². The fourth-order valence-corrected chi connectivity index (χ4v) is 2.91. The molecule has 0 heterocycles. The number of hydrogen-bond donors (Lipinski definition) is 2. The Labute approximate surface area is 168 Å². The molecule has 0 spiro atoms. The molecule has 1 unspecified atom stereocenters. The molecule has 0 saturated carbocycles. The molecule has 0 bridgehead atoms. The third-order valence-corrected chi connectivity index (χ3v) is 4.56. The zero-order valence-corrected chi connectivity index (χ0v) is 16.6. The molecular formula is C20H22ClN3O4. The molecule has 7 nitrogen and oxygen atoms in total. The summed E-state index contributed by atoms with van der Waals surface area (Å²) < 4.78 is 0. The van der Waals surface area contributed by atoms with Crippen LogP contribution in [-0.2, 0) is 11.2 Å². The summed E-state index contributed by atoms with van der Waals surface area (Å²) in [6, 6.07) is 10.3. The van der Waals surface area contributed by atoms with Gasteiger partial charge in [0, 0.05) is 17.8 Å². The average molecular weight is 404 g/mol. The maximum absolute atomic E-state index is 12.7. The largest absolute Gasteiger partial charge is 0.340 e. The number of nitro benzene ring substituents is 1. The van der Waals surface area contributed by atoms with Crippen molar-refractivity contribution in [1.82, 2.24) is 5.32 Å². The summed E-state index contributed by atoms with van der Waals surface area (Å²) in [4.78, 5) is 35.5. The molecule has 8 heteroatoms. The number of anilines is 1. The molecule has 2 rings (SSSR count). The number of aryl methyl sites for hydroxylation is 1. The minimum atomic E-state index is -0.802. The lowest BCUT2D eigenvalue weighted by atomic mass is 10.0. The first-order valence-corrected chi connectivity index (χ1v) is 9.25. The van der Waals surface area contributed by atoms with Gasteiger partial charge in [-0.1, -0.05) is 44.5 Å². The van der Waals surface area contributed by atoms with E-state index in [-0.39, 0.29) is 28.1 Å². The first-order chi connectivity index (χ1) is 13.2. The van der Waals surface area contributed by atoms with Crippen LogP contribution in [0.25, 0.3) is 0 Å². The Bertz CT molecular complexity index is 899. The minimum absolute atomic E-state index is 0.0507. The highest BCUT2D eigenvalue weighted by Crippen LogP contribution is 2.23. The zero-order chi connectivity index (χ0) is 20.8. The van der Waals surface area contributed by atoms with Crippen molar-refractivity contribution in [2.75, 3.05) is 5.32 Å². The highest BCUT2D eigenvalue weighted by Gasteiger charge is 2.26. The van der Waals surface area contributed by atoms with Gasteiger partial charge < -0.3 is 10.6 Å². The van der Waals surface area contributed by atoms with E-state index < -0.39 is 16.9 Å². The molecule has 0 saturated heterocycles. The monoisotopic (exact) mass is 403 g/mol. The van der Waals surface area contributed by atoms with Gasteiger partial charge in [0.1, 0.15) is 6.04 Å². The van der Waals surface area contributed by atoms with Gasteiger partial charge in [0.25, 0.3) is 11.6 Å². The van der Waals surface area contributed by atoms with E-state index in [2.05, 4.69) is 10.6 Å². The molecule has 0 aliphatic heterocycles. The molecule has 0 aliphatic rings. The van der Waals surface area contributed by atoms with E-state index >= 15 is 0 Å². The summed E-state index contributed by atoms with van der Waals surface area (Å²) in [5.41, 5.74) is 1.59. The van der Waals surface area contributed by atoms with Crippen LogP contribution in [0.2, 0.25) is 5.02 Å². The predicted molar refractivity (Wildman–Crippen MR) is 109 cm³/mol. The van der Waals surface area contributed by atoms with Crippen LogP contribution in [0, 0.1) is 16.0 Å². The van der Waals surface area contributed by atoms with E-state index in [1.165, 1.54) is 12.1 Å². The Balaban J connectivity index is 2.16. The summed E-state index contributed by atoms with van der Waals surface area (Å²) in [7, 11) is 0. The van der Waals surface area contributed by atoms with Crippen molar-refractivity contribution >= 4 is 34.8 Å². The van der Waals surface area contributed by atoms with Crippen molar-refractivity contribution in [1.29, 1.82) is 0 Å². The number of rotatable bonds is 7. The number of hydrogen-bond acceptors (Lipinski definition) is 4. The Morgan fingerprint density at radius 1 is 1.18 bits per heavy atom. The van der Waals surface area contributed by atoms with Crippen molar-refractivity contribution in [3.05, 3.63) is 68.7 Å². The molecule has 2 N–H and O–H groups in total. The Hall–Kier alpha value is -2.93. The van der Waals surface area contributed by atoms with Crippen molar-refractivity contribution in [2.45, 2.75) is 33.2 Å². The third kappa shape index (κ3) is 5.29. The van der Waals surface area contributed by atoms with Gasteiger partial charge in [-0.05, 0) is 36.1 Å². The lowest BCUT2D eigenvalue weighted by Crippen LogP contribution is -2.47. The van der Waals surface area contributed by atoms with E-state index in [0.717, 1.165) is 18.1 Å². The Morgan fingerprint density at radius 2 is 1.89 bits per heavy atom. The lowest BCUT2D eigenvalue weighted by molar-refractivity contribution is -0.384. The second-order valence-corrected chi connectivity index (χ2v) is 7.07. The van der Waals surface area contributed by atoms with E-state index in [1.807, 2.05) is 39.0 Å². The smallest absolute Gasteiger partial charge is 0.270 e. The van der Waals surface area contributed by atoms with Gasteiger partial charge in [-0.25, -0.2) is 0 Å². The fraction of sp³-hybridized carbons (Fsp3) is 0.300. The van der Waals surface area contributed by atoms with Crippen LogP contribution in [0.15, 0.2) is 42.5 Å². The van der Waals surface area contributed by atoms with Crippen LogP contribution in [0.5, 0.6) is 0 Å². The molecule has 0 aromatic heterocycles. The summed E-state index contributed by atoms with van der Waals surface area (Å²) in [6.45, 7) is 5.64. The summed E-state index contributed by atoms with van der Waals surface area (Å²) in [5.74, 6) is -1.11. The van der Waals surface area contributed by atoms with Gasteiger partial charge in [0.2, 0.25) is 5.91 Å². The number of nitrogens with one attached hydrogen (secondary N) is 2. The first-order valence-electron chi connectivity index (χ1n) is 8.87. The summed E-state index contributed by atoms with van der Waals surface area (Å²) >= 11 is 6.01. The standard InChI is InChI=1S/C20H22ClN3O4/c1-4-13-6-5-7-14(10-13)22-20(26)18(12(2)3)23-19(25)16-9-8-15(24(27)28)11-17(16)21/h5-12,18H,4H2,1-3H3,(H,22,26)(H,23,25). The summed E-state index contributed by atoms with van der Waals surface area (Å²) in [5, 5.41) is 16.2. The van der Waals surface area contributed by atoms with E-state index in [4.69, 9.17) is 11.6 Å². The molecular weight excluding hydrogens is 382 g/mol. The second-order valence-electron chi connectivity index (χ2n) is 6.66. The van der Waals surface area contributed by atoms with Gasteiger partial charge in [0.05, 0.1) is 15.5 Å². The SMILES string of the molecule is CCc1cccc(NC(=O)C(NC(=O)c2ccc([N+](=O)[O-])cc2Cl)C(C)C)c1. The van der Waals surface area contributed by atoms with Crippen molar-refractivity contribution in [3.8, 4) is 0 Å². The Morgan fingerprint density at radius 3 is 2.46 bits per heavy atom. The quantitative estimate of drug-likeness (QED) is 0.534. The second kappa shape index (κ2) is 9.32. The molecule has 2 amide bonds. The number of non-ortho nitro benzene ring substituents is 1. The van der Waals surface area contributed by atoms with Crippen LogP contribution in [0.4, 0.5) is 11.4 Å². The molecule has 28 heavy (non-hydrogen) atoms. The molecule has 1 atom stereocenters. The molecule has 0 radical (unpaired) electrons. The topological polar surface area (TPSA) is 101 Å². The van der Waals surface area contributed by atoms with Gasteiger partial charge in [-0.15, -0.1) is 0 Å². The number of amides is 2. The molecule has 0 fully saturated rings. The average Bonchev–Trinajstić information content (AvgIpc) is 2.65. The lowest BCUT2D eigenvalue weighted by Gasteiger charge is -2.22. The van der Waals surface area contributed by atoms with Crippen LogP contribution in [0.3, 0.4) is 0 Å². The number of halogens is 1. The van der Waals surface area contributed by atoms with E-state index in [1.54, 1.807) is 6.07 Å². The number of nitro groups is 1. The van der Waals surface area contributed by atoms with Gasteiger partial charge in [-0.3, -0.25) is 19.7 Å². The highest BCUT2D eigenvalue weighted by atomic mass is 35.5. The highest BCUT2D eigenvalue weighted by molar-refractivity contribution is 6.34. The van der Waals surface area contributed by atoms with Crippen LogP contribution < -0.4 is 10.6 Å². The number of carbonyl (C=O) groups is 2. The number of carbonyl (C=O) groups excluding carboxylic acids is 2. The van der Waals surface area contributed by atoms with Crippen molar-refractivity contribution < 1.29 is 14.5 Å². The van der Waals surface area contributed by atoms with Crippen molar-refractivity contribution in [3.63, 3.8) is 0 Å². The van der Waals surface area contributed by atoms with Gasteiger partial charge >= 0.3 is 0 Å². The van der Waals surface area contributed by atoms with Crippen LogP contribution in [-0.4, -0.2) is 22.8 Å². The van der Waals surface area contributed by atoms with Crippen LogP contribution in [0.1, 0.15) is 36.7 Å². The maximum Gasteiger partial charge on any atom is 0.270 e. The van der Waals surface area contributed by atoms with Crippen molar-refractivity contribution in [2.24, 2.45) is 5.92 Å². The van der Waals surface area contributed by atoms with E-state index in [0.29, 0.717) is 5.69 Å². The maximum atomic E-state index is 12.7. The first kappa shape index (κ1) is 21.4. The zero-order valence-electron chi connectivity index (χ0n) is 15.9. The third-order valence-electron chi connectivity index (χ3n) is 4.25. The minimum Gasteiger partial charge on any atom is -0.340 e. The fourth-order valence-electron chi connectivity index (χ4n) is 2.64. The number of benzene rings is 2. The molecule has 0 aliphatic carbocycles. The Kier molecular flexibility index (Phi) is 7.12. The molecule has 2 aromatic carbocycles. The molecule has 148 valence electrons. The van der Waals surface area contributed by atoms with Crippen LogP contribution >= 0.6 is 11.6 Å².